The van der Waals surface area contributed by atoms with E-state index < -0.39 is 0 Å². The molecule has 3 aromatic carbocycles. The van der Waals surface area contributed by atoms with E-state index >= 15 is 0 Å². The first kappa shape index (κ1) is 21.9. The third-order valence-corrected chi connectivity index (χ3v) is 6.39. The Kier molecular flexibility index (Phi) is 7.29. The molecular weight excluding hydrogens is 453 g/mol. The minimum atomic E-state index is 0.371. The molecule has 160 valence electrons. The number of hydrogen-bond donors (Lipinski definition) is 1. The molecule has 0 aliphatic rings. The van der Waals surface area contributed by atoms with Crippen molar-refractivity contribution in [3.63, 3.8) is 0 Å². The summed E-state index contributed by atoms with van der Waals surface area (Å²) in [6.45, 7) is 1.86. The van der Waals surface area contributed by atoms with Gasteiger partial charge >= 0.3 is 0 Å². The summed E-state index contributed by atoms with van der Waals surface area (Å²) in [5.41, 5.74) is 2.01. The molecule has 0 amide bonds. The SMILES string of the molecule is Cn1nnnc1SCCNCc1c(OCc2ccc(Cl)cc2Cl)ccc2ccccc12. The van der Waals surface area contributed by atoms with E-state index in [1.165, 1.54) is 10.8 Å². The maximum Gasteiger partial charge on any atom is 0.209 e. The van der Waals surface area contributed by atoms with Gasteiger partial charge in [-0.3, -0.25) is 0 Å². The highest BCUT2D eigenvalue weighted by Crippen LogP contribution is 2.30. The molecule has 1 N–H and O–H groups in total. The van der Waals surface area contributed by atoms with Crippen LogP contribution in [-0.2, 0) is 20.2 Å². The lowest BCUT2D eigenvalue weighted by atomic mass is 10.0. The molecule has 0 bridgehead atoms. The highest BCUT2D eigenvalue weighted by molar-refractivity contribution is 7.99. The van der Waals surface area contributed by atoms with E-state index in [-0.39, 0.29) is 0 Å². The molecule has 4 rings (SSSR count). The van der Waals surface area contributed by atoms with Gasteiger partial charge in [-0.05, 0) is 39.4 Å². The fourth-order valence-electron chi connectivity index (χ4n) is 3.20. The molecule has 1 heterocycles. The topological polar surface area (TPSA) is 64.9 Å². The lowest BCUT2D eigenvalue weighted by Crippen LogP contribution is -2.17. The van der Waals surface area contributed by atoms with Gasteiger partial charge < -0.3 is 10.1 Å². The maximum absolute atomic E-state index is 6.31. The van der Waals surface area contributed by atoms with E-state index in [9.17, 15) is 0 Å². The van der Waals surface area contributed by atoms with Gasteiger partial charge in [0.2, 0.25) is 5.16 Å². The summed E-state index contributed by atoms with van der Waals surface area (Å²) in [7, 11) is 1.84. The second-order valence-corrected chi connectivity index (χ2v) is 8.80. The standard InChI is InChI=1S/C22H21Cl2N5OS/c1-29-22(26-27-28-29)31-11-10-25-13-19-18-5-3-2-4-15(18)7-9-21(19)30-14-16-6-8-17(23)12-20(16)24/h2-9,12,25H,10-11,13-14H2,1H3. The average molecular weight is 474 g/mol. The van der Waals surface area contributed by atoms with Crippen molar-refractivity contribution < 1.29 is 4.74 Å². The number of halogens is 2. The minimum absolute atomic E-state index is 0.371. The molecule has 0 aliphatic carbocycles. The molecule has 0 saturated carbocycles. The first-order valence-corrected chi connectivity index (χ1v) is 11.5. The second-order valence-electron chi connectivity index (χ2n) is 6.90. The predicted molar refractivity (Wildman–Crippen MR) is 126 cm³/mol. The molecule has 0 fully saturated rings. The zero-order valence-electron chi connectivity index (χ0n) is 16.9. The van der Waals surface area contributed by atoms with Crippen LogP contribution < -0.4 is 10.1 Å². The molecule has 6 nitrogen and oxygen atoms in total. The van der Waals surface area contributed by atoms with Gasteiger partial charge in [-0.25, -0.2) is 4.68 Å². The summed E-state index contributed by atoms with van der Waals surface area (Å²) in [4.78, 5) is 0. The number of rotatable bonds is 9. The molecule has 0 radical (unpaired) electrons. The lowest BCUT2D eigenvalue weighted by molar-refractivity contribution is 0.303. The number of thioether (sulfide) groups is 1. The molecule has 0 atom stereocenters. The molecule has 31 heavy (non-hydrogen) atoms. The van der Waals surface area contributed by atoms with Gasteiger partial charge in [0.05, 0.1) is 0 Å². The van der Waals surface area contributed by atoms with E-state index in [4.69, 9.17) is 27.9 Å². The minimum Gasteiger partial charge on any atom is -0.488 e. The third-order valence-electron chi connectivity index (χ3n) is 4.79. The predicted octanol–water partition coefficient (Wildman–Crippen LogP) is 5.13. The number of nitrogens with zero attached hydrogens (tertiary/aromatic N) is 4. The molecule has 0 saturated heterocycles. The highest BCUT2D eigenvalue weighted by Gasteiger charge is 2.11. The molecule has 0 unspecified atom stereocenters. The quantitative estimate of drug-likeness (QED) is 0.268. The van der Waals surface area contributed by atoms with Gasteiger partial charge in [-0.1, -0.05) is 71.4 Å². The van der Waals surface area contributed by atoms with Gasteiger partial charge in [0.25, 0.3) is 0 Å². The van der Waals surface area contributed by atoms with Crippen LogP contribution >= 0.6 is 35.0 Å². The van der Waals surface area contributed by atoms with Crippen molar-refractivity contribution in [1.29, 1.82) is 0 Å². The smallest absolute Gasteiger partial charge is 0.209 e. The summed E-state index contributed by atoms with van der Waals surface area (Å²) < 4.78 is 7.85. The van der Waals surface area contributed by atoms with Crippen molar-refractivity contribution in [2.24, 2.45) is 7.05 Å². The first-order chi connectivity index (χ1) is 15.1. The Balaban J connectivity index is 1.45. The second kappa shape index (κ2) is 10.3. The number of benzene rings is 3. The number of hydrogen-bond acceptors (Lipinski definition) is 6. The van der Waals surface area contributed by atoms with Gasteiger partial charge in [0.1, 0.15) is 12.4 Å². The van der Waals surface area contributed by atoms with Crippen LogP contribution in [0.1, 0.15) is 11.1 Å². The zero-order chi connectivity index (χ0) is 21.6. The van der Waals surface area contributed by atoms with Gasteiger partial charge in [-0.15, -0.1) is 5.10 Å². The van der Waals surface area contributed by atoms with E-state index in [1.54, 1.807) is 22.5 Å². The molecule has 0 spiro atoms. The number of aryl methyl sites for hydroxylation is 1. The number of aromatic nitrogens is 4. The van der Waals surface area contributed by atoms with Crippen molar-refractivity contribution in [3.05, 3.63) is 75.8 Å². The van der Waals surface area contributed by atoms with Crippen LogP contribution in [-0.4, -0.2) is 32.5 Å². The van der Waals surface area contributed by atoms with Crippen molar-refractivity contribution in [3.8, 4) is 5.75 Å². The molecule has 0 aliphatic heterocycles. The number of ether oxygens (including phenoxy) is 1. The Labute approximate surface area is 194 Å². The largest absolute Gasteiger partial charge is 0.488 e. The molecule has 9 heteroatoms. The van der Waals surface area contributed by atoms with Crippen LogP contribution in [0.5, 0.6) is 5.75 Å². The summed E-state index contributed by atoms with van der Waals surface area (Å²) in [5, 5.41) is 19.4. The maximum atomic E-state index is 6.31. The monoisotopic (exact) mass is 473 g/mol. The summed E-state index contributed by atoms with van der Waals surface area (Å²) in [5.74, 6) is 1.69. The van der Waals surface area contributed by atoms with Crippen molar-refractivity contribution in [2.45, 2.75) is 18.3 Å². The van der Waals surface area contributed by atoms with Gasteiger partial charge in [0, 0.05) is 47.1 Å². The molecule has 4 aromatic rings. The van der Waals surface area contributed by atoms with E-state index in [1.807, 2.05) is 37.4 Å². The summed E-state index contributed by atoms with van der Waals surface area (Å²) in [6, 6.07) is 17.8. The zero-order valence-corrected chi connectivity index (χ0v) is 19.2. The summed E-state index contributed by atoms with van der Waals surface area (Å²) in [6.07, 6.45) is 0. The van der Waals surface area contributed by atoms with Crippen LogP contribution in [0.25, 0.3) is 10.8 Å². The fourth-order valence-corrected chi connectivity index (χ4v) is 4.41. The van der Waals surface area contributed by atoms with Crippen LogP contribution in [0.3, 0.4) is 0 Å². The Morgan fingerprint density at radius 1 is 1.10 bits per heavy atom. The summed E-state index contributed by atoms with van der Waals surface area (Å²) >= 11 is 13.9. The number of fused-ring (bicyclic) bond motifs is 1. The van der Waals surface area contributed by atoms with Crippen LogP contribution in [0.15, 0.2) is 59.8 Å². The van der Waals surface area contributed by atoms with Crippen LogP contribution in [0.2, 0.25) is 10.0 Å². The van der Waals surface area contributed by atoms with E-state index in [2.05, 4.69) is 39.0 Å². The van der Waals surface area contributed by atoms with Gasteiger partial charge in [-0.2, -0.15) is 0 Å². The number of tetrazole rings is 1. The van der Waals surface area contributed by atoms with Crippen LogP contribution in [0.4, 0.5) is 0 Å². The van der Waals surface area contributed by atoms with Gasteiger partial charge in [0.15, 0.2) is 0 Å². The number of nitrogens with one attached hydrogen (secondary N) is 1. The Hall–Kier alpha value is -2.32. The molecule has 1 aromatic heterocycles. The van der Waals surface area contributed by atoms with Crippen molar-refractivity contribution in [1.82, 2.24) is 25.5 Å². The van der Waals surface area contributed by atoms with E-state index in [0.717, 1.165) is 34.3 Å². The first-order valence-electron chi connectivity index (χ1n) is 9.75. The Morgan fingerprint density at radius 3 is 2.77 bits per heavy atom. The molecular formula is C22H21Cl2N5OS. The van der Waals surface area contributed by atoms with Crippen molar-refractivity contribution in [2.75, 3.05) is 12.3 Å². The highest BCUT2D eigenvalue weighted by atomic mass is 35.5. The normalized spacial score (nSPS) is 11.2. The third kappa shape index (κ3) is 5.49. The van der Waals surface area contributed by atoms with Crippen molar-refractivity contribution >= 4 is 45.7 Å². The van der Waals surface area contributed by atoms with Crippen LogP contribution in [0, 0.1) is 0 Å². The van der Waals surface area contributed by atoms with E-state index in [0.29, 0.717) is 23.2 Å². The Bertz CT molecular complexity index is 1180. The fraction of sp³-hybridized carbons (Fsp3) is 0.227. The lowest BCUT2D eigenvalue weighted by Gasteiger charge is -2.16. The Morgan fingerprint density at radius 2 is 1.97 bits per heavy atom. The average Bonchev–Trinajstić information content (AvgIpc) is 3.18.